The summed E-state index contributed by atoms with van der Waals surface area (Å²) < 4.78 is 33.7. The molecule has 0 N–H and O–H groups in total. The predicted octanol–water partition coefficient (Wildman–Crippen LogP) is 6.33. The highest BCUT2D eigenvalue weighted by atomic mass is 79.9. The maximum Gasteiger partial charge on any atom is 0.338 e. The smallest absolute Gasteiger partial charge is 0.338 e. The number of rotatable bonds is 9. The van der Waals surface area contributed by atoms with E-state index in [1.165, 1.54) is 22.0 Å². The zero-order valence-corrected chi connectivity index (χ0v) is 26.7. The molecule has 43 heavy (non-hydrogen) atoms. The molecule has 5 rings (SSSR count). The molecule has 0 saturated heterocycles. The molecular formula is C32H27BrClFN2O5S. The van der Waals surface area contributed by atoms with E-state index in [2.05, 4.69) is 20.9 Å². The molecule has 3 aromatic carbocycles. The number of benzene rings is 3. The van der Waals surface area contributed by atoms with Gasteiger partial charge in [0.1, 0.15) is 23.9 Å². The molecule has 0 fully saturated rings. The summed E-state index contributed by atoms with van der Waals surface area (Å²) in [5.41, 5.74) is 1.99. The topological polar surface area (TPSA) is 79.1 Å². The minimum atomic E-state index is -0.768. The molecule has 4 aromatic rings. The van der Waals surface area contributed by atoms with E-state index in [0.29, 0.717) is 59.3 Å². The largest absolute Gasteiger partial charge is 0.494 e. The van der Waals surface area contributed by atoms with Gasteiger partial charge in [-0.15, -0.1) is 0 Å². The molecule has 0 saturated carbocycles. The zero-order valence-electron chi connectivity index (χ0n) is 23.5. The van der Waals surface area contributed by atoms with Crippen LogP contribution in [0.5, 0.6) is 11.5 Å². The molecule has 1 aromatic heterocycles. The number of allylic oxidation sites excluding steroid dienone is 1. The van der Waals surface area contributed by atoms with Gasteiger partial charge >= 0.3 is 5.97 Å². The molecular weight excluding hydrogens is 659 g/mol. The van der Waals surface area contributed by atoms with E-state index in [9.17, 15) is 14.0 Å². The summed E-state index contributed by atoms with van der Waals surface area (Å²) in [6, 6.07) is 16.2. The van der Waals surface area contributed by atoms with Crippen LogP contribution in [0.25, 0.3) is 6.08 Å². The maximum atomic E-state index is 14.3. The first-order chi connectivity index (χ1) is 20.7. The van der Waals surface area contributed by atoms with Crippen molar-refractivity contribution in [3.63, 3.8) is 0 Å². The van der Waals surface area contributed by atoms with Gasteiger partial charge in [-0.1, -0.05) is 53.3 Å². The lowest BCUT2D eigenvalue weighted by atomic mass is 9.96. The first kappa shape index (κ1) is 30.7. The molecule has 11 heteroatoms. The molecule has 7 nitrogen and oxygen atoms in total. The number of hydrogen-bond acceptors (Lipinski definition) is 7. The van der Waals surface area contributed by atoms with Gasteiger partial charge in [-0.25, -0.2) is 14.2 Å². The first-order valence-electron chi connectivity index (χ1n) is 13.5. The van der Waals surface area contributed by atoms with Crippen molar-refractivity contribution in [2.75, 3.05) is 13.2 Å². The molecule has 0 unspecified atom stereocenters. The van der Waals surface area contributed by atoms with Crippen molar-refractivity contribution in [1.29, 1.82) is 0 Å². The summed E-state index contributed by atoms with van der Waals surface area (Å²) in [5, 5.41) is 0.414. The van der Waals surface area contributed by atoms with E-state index in [4.69, 9.17) is 25.8 Å². The van der Waals surface area contributed by atoms with Gasteiger partial charge in [0.25, 0.3) is 5.56 Å². The van der Waals surface area contributed by atoms with E-state index in [0.717, 1.165) is 0 Å². The van der Waals surface area contributed by atoms with Crippen LogP contribution < -0.4 is 24.4 Å². The quantitative estimate of drug-likeness (QED) is 0.193. The summed E-state index contributed by atoms with van der Waals surface area (Å²) in [7, 11) is 0. The van der Waals surface area contributed by atoms with Crippen LogP contribution >= 0.6 is 38.9 Å². The lowest BCUT2D eigenvalue weighted by molar-refractivity contribution is -0.139. The highest BCUT2D eigenvalue weighted by molar-refractivity contribution is 9.10. The molecule has 2 heterocycles. The number of ether oxygens (including phenoxy) is 3. The monoisotopic (exact) mass is 684 g/mol. The van der Waals surface area contributed by atoms with Crippen molar-refractivity contribution < 1.29 is 23.4 Å². The summed E-state index contributed by atoms with van der Waals surface area (Å²) in [5.74, 6) is 0.139. The number of fused-ring (bicyclic) bond motifs is 1. The summed E-state index contributed by atoms with van der Waals surface area (Å²) >= 11 is 11.1. The van der Waals surface area contributed by atoms with Crippen molar-refractivity contribution in [2.24, 2.45) is 4.99 Å². The standard InChI is InChI=1S/C32H27BrClFN2O5S/c1-4-40-23-12-10-19(11-13-23)28-27(31(39)41-5-2)18(3)36-32-37(28)30(38)26(43-32)15-21-14-22(34)16-24(33)29(21)42-17-20-8-6-7-9-25(20)35/h6-16,28H,4-5,17H2,1-3H3/b26-15-/t28-/m0/s1. The second-order valence-corrected chi connectivity index (χ2v) is 11.8. The van der Waals surface area contributed by atoms with E-state index in [-0.39, 0.29) is 30.2 Å². The Labute approximate surface area is 264 Å². The van der Waals surface area contributed by atoms with Gasteiger partial charge < -0.3 is 14.2 Å². The molecule has 0 bridgehead atoms. The second-order valence-electron chi connectivity index (χ2n) is 9.49. The van der Waals surface area contributed by atoms with Crippen LogP contribution in [0, 0.1) is 5.82 Å². The normalized spacial score (nSPS) is 14.7. The molecule has 222 valence electrons. The lowest BCUT2D eigenvalue weighted by Crippen LogP contribution is -2.39. The van der Waals surface area contributed by atoms with Crippen molar-refractivity contribution in [3.8, 4) is 11.5 Å². The Morgan fingerprint density at radius 3 is 2.56 bits per heavy atom. The Kier molecular flexibility index (Phi) is 9.49. The molecule has 0 spiro atoms. The minimum Gasteiger partial charge on any atom is -0.494 e. The van der Waals surface area contributed by atoms with Gasteiger partial charge in [-0.2, -0.15) is 0 Å². The molecule has 0 aliphatic carbocycles. The summed E-state index contributed by atoms with van der Waals surface area (Å²) in [6.07, 6.45) is 1.66. The number of nitrogens with zero attached hydrogens (tertiary/aromatic N) is 2. The van der Waals surface area contributed by atoms with Crippen LogP contribution in [0.4, 0.5) is 4.39 Å². The fraction of sp³-hybridized carbons (Fsp3) is 0.219. The average molecular weight is 686 g/mol. The van der Waals surface area contributed by atoms with E-state index >= 15 is 0 Å². The van der Waals surface area contributed by atoms with Crippen LogP contribution in [0.3, 0.4) is 0 Å². The van der Waals surface area contributed by atoms with Crippen LogP contribution in [0.15, 0.2) is 86.2 Å². The van der Waals surface area contributed by atoms with Crippen molar-refractivity contribution in [2.45, 2.75) is 33.4 Å². The molecule has 0 radical (unpaired) electrons. The Morgan fingerprint density at radius 2 is 1.86 bits per heavy atom. The highest BCUT2D eigenvalue weighted by Gasteiger charge is 2.33. The third-order valence-electron chi connectivity index (χ3n) is 6.68. The predicted molar refractivity (Wildman–Crippen MR) is 168 cm³/mol. The Hall–Kier alpha value is -3.73. The zero-order chi connectivity index (χ0) is 30.7. The Bertz CT molecular complexity index is 1900. The number of thiazole rings is 1. The van der Waals surface area contributed by atoms with Gasteiger partial charge in [0.15, 0.2) is 4.80 Å². The SMILES string of the molecule is CCOC(=O)C1=C(C)N=c2s/c(=C\c3cc(Cl)cc(Br)c3OCc3ccccc3F)c(=O)n2[C@H]1c1ccc(OCC)cc1. The third kappa shape index (κ3) is 6.46. The van der Waals surface area contributed by atoms with Gasteiger partial charge in [-0.3, -0.25) is 9.36 Å². The average Bonchev–Trinajstić information content (AvgIpc) is 3.27. The number of halogens is 3. The van der Waals surface area contributed by atoms with Crippen molar-refractivity contribution >= 4 is 50.9 Å². The second kappa shape index (κ2) is 13.3. The van der Waals surface area contributed by atoms with Crippen LogP contribution in [-0.2, 0) is 16.1 Å². The molecule has 0 amide bonds. The highest BCUT2D eigenvalue weighted by Crippen LogP contribution is 2.35. The Balaban J connectivity index is 1.64. The third-order valence-corrected chi connectivity index (χ3v) is 8.47. The summed E-state index contributed by atoms with van der Waals surface area (Å²) in [6.45, 7) is 6.00. The van der Waals surface area contributed by atoms with Gasteiger partial charge in [0.2, 0.25) is 0 Å². The van der Waals surface area contributed by atoms with Crippen LogP contribution in [-0.4, -0.2) is 23.8 Å². The van der Waals surface area contributed by atoms with Gasteiger partial charge in [0, 0.05) is 16.1 Å². The van der Waals surface area contributed by atoms with Crippen LogP contribution in [0.2, 0.25) is 5.02 Å². The van der Waals surface area contributed by atoms with E-state index in [1.807, 2.05) is 19.1 Å². The number of esters is 1. The first-order valence-corrected chi connectivity index (χ1v) is 15.5. The number of aromatic nitrogens is 1. The maximum absolute atomic E-state index is 14.3. The lowest BCUT2D eigenvalue weighted by Gasteiger charge is -2.24. The van der Waals surface area contributed by atoms with Crippen LogP contribution in [0.1, 0.15) is 43.5 Å². The van der Waals surface area contributed by atoms with E-state index < -0.39 is 12.0 Å². The van der Waals surface area contributed by atoms with Crippen molar-refractivity contribution in [3.05, 3.63) is 124 Å². The fourth-order valence-corrected chi connectivity index (χ4v) is 6.75. The number of carbonyl (C=O) groups excluding carboxylic acids is 1. The fourth-order valence-electron chi connectivity index (χ4n) is 4.77. The molecule has 1 aliphatic heterocycles. The molecule has 1 aliphatic rings. The van der Waals surface area contributed by atoms with Gasteiger partial charge in [0.05, 0.1) is 39.5 Å². The van der Waals surface area contributed by atoms with E-state index in [1.54, 1.807) is 62.4 Å². The molecule has 1 atom stereocenters. The Morgan fingerprint density at radius 1 is 1.12 bits per heavy atom. The number of hydrogen-bond donors (Lipinski definition) is 0. The summed E-state index contributed by atoms with van der Waals surface area (Å²) in [4.78, 5) is 32.3. The number of carbonyl (C=O) groups is 1. The minimum absolute atomic E-state index is 0.0329. The van der Waals surface area contributed by atoms with Gasteiger partial charge in [-0.05, 0) is 78.7 Å². The van der Waals surface area contributed by atoms with Crippen molar-refractivity contribution in [1.82, 2.24) is 4.57 Å².